The summed E-state index contributed by atoms with van der Waals surface area (Å²) < 4.78 is 20.1. The van der Waals surface area contributed by atoms with Gasteiger partial charge >= 0.3 is 0 Å². The topological polar surface area (TPSA) is 21.3 Å². The van der Waals surface area contributed by atoms with E-state index in [1.165, 1.54) is 6.07 Å². The highest BCUT2D eigenvalue weighted by atomic mass is 79.9. The summed E-state index contributed by atoms with van der Waals surface area (Å²) in [5.41, 5.74) is 2.63. The summed E-state index contributed by atoms with van der Waals surface area (Å²) in [6.45, 7) is 1.99. The Morgan fingerprint density at radius 2 is 2.00 bits per heavy atom. The van der Waals surface area contributed by atoms with Gasteiger partial charge in [-0.25, -0.2) is 4.39 Å². The number of halogens is 3. The molecule has 0 saturated heterocycles. The van der Waals surface area contributed by atoms with Crippen molar-refractivity contribution in [2.75, 3.05) is 14.2 Å². The third-order valence-electron chi connectivity index (χ3n) is 3.40. The molecule has 112 valence electrons. The van der Waals surface area contributed by atoms with E-state index in [0.29, 0.717) is 5.56 Å². The normalized spacial score (nSPS) is 12.3. The summed E-state index contributed by atoms with van der Waals surface area (Å²) in [6, 6.07) is 8.45. The summed E-state index contributed by atoms with van der Waals surface area (Å²) in [5, 5.41) is 3.29. The van der Waals surface area contributed by atoms with Gasteiger partial charge in [0.15, 0.2) is 0 Å². The molecule has 0 radical (unpaired) electrons. The molecule has 5 heteroatoms. The van der Waals surface area contributed by atoms with Gasteiger partial charge in [-0.2, -0.15) is 0 Å². The fourth-order valence-electron chi connectivity index (χ4n) is 2.29. The number of rotatable bonds is 4. The van der Waals surface area contributed by atoms with Gasteiger partial charge in [-0.15, -0.1) is 0 Å². The number of hydrogen-bond acceptors (Lipinski definition) is 2. The Labute approximate surface area is 137 Å². The highest BCUT2D eigenvalue weighted by Crippen LogP contribution is 2.37. The molecule has 0 aliphatic carbocycles. The zero-order chi connectivity index (χ0) is 15.6. The van der Waals surface area contributed by atoms with Crippen LogP contribution in [-0.4, -0.2) is 14.2 Å². The molecule has 2 rings (SSSR count). The maximum atomic E-state index is 13.7. The van der Waals surface area contributed by atoms with E-state index in [0.717, 1.165) is 21.3 Å². The Morgan fingerprint density at radius 3 is 2.62 bits per heavy atom. The average Bonchev–Trinajstić information content (AvgIpc) is 2.47. The molecule has 0 aliphatic heterocycles. The van der Waals surface area contributed by atoms with E-state index in [1.54, 1.807) is 26.3 Å². The first kappa shape index (κ1) is 16.3. The molecule has 1 atom stereocenters. The second-order valence-electron chi connectivity index (χ2n) is 4.71. The molecule has 2 nitrogen and oxygen atoms in total. The predicted molar refractivity (Wildman–Crippen MR) is 87.7 cm³/mol. The van der Waals surface area contributed by atoms with E-state index >= 15 is 0 Å². The molecular weight excluding hydrogens is 357 g/mol. The Hall–Kier alpha value is -1.10. The number of methoxy groups -OCH3 is 1. The van der Waals surface area contributed by atoms with E-state index in [9.17, 15) is 4.39 Å². The summed E-state index contributed by atoms with van der Waals surface area (Å²) in [4.78, 5) is 0. The summed E-state index contributed by atoms with van der Waals surface area (Å²) >= 11 is 9.64. The van der Waals surface area contributed by atoms with E-state index in [1.807, 2.05) is 19.1 Å². The fraction of sp³-hybridized carbons (Fsp3) is 0.250. The van der Waals surface area contributed by atoms with Crippen molar-refractivity contribution in [2.45, 2.75) is 13.0 Å². The van der Waals surface area contributed by atoms with Crippen molar-refractivity contribution in [2.24, 2.45) is 0 Å². The highest BCUT2D eigenvalue weighted by Gasteiger charge is 2.21. The summed E-state index contributed by atoms with van der Waals surface area (Å²) in [5.74, 6) is 0.301. The van der Waals surface area contributed by atoms with Crippen LogP contribution in [0.5, 0.6) is 5.75 Å². The minimum absolute atomic E-state index is 0.121. The molecule has 0 aliphatic rings. The van der Waals surface area contributed by atoms with Gasteiger partial charge in [0, 0.05) is 10.0 Å². The number of hydrogen-bond donors (Lipinski definition) is 1. The largest absolute Gasteiger partial charge is 0.496 e. The van der Waals surface area contributed by atoms with Gasteiger partial charge in [0.2, 0.25) is 0 Å². The van der Waals surface area contributed by atoms with Crippen LogP contribution in [0.1, 0.15) is 22.7 Å². The molecule has 0 amide bonds. The van der Waals surface area contributed by atoms with Gasteiger partial charge in [0.25, 0.3) is 0 Å². The molecule has 0 spiro atoms. The SMILES string of the molecule is CNC(c1cc(Br)c(C)cc1OC)c1cccc(F)c1Cl. The standard InChI is InChI=1S/C16H16BrClFNO/c1-9-7-14(21-3)11(8-12(9)17)16(20-2)10-5-4-6-13(19)15(10)18/h4-8,16,20H,1-3H3. The number of ether oxygens (including phenoxy) is 1. The lowest BCUT2D eigenvalue weighted by Crippen LogP contribution is -2.19. The van der Waals surface area contributed by atoms with Crippen LogP contribution in [0.3, 0.4) is 0 Å². The molecule has 0 heterocycles. The first-order chi connectivity index (χ1) is 9.99. The molecule has 0 fully saturated rings. The van der Waals surface area contributed by atoms with Gasteiger partial charge in [-0.3, -0.25) is 0 Å². The van der Waals surface area contributed by atoms with Gasteiger partial charge in [0.05, 0.1) is 18.2 Å². The van der Waals surface area contributed by atoms with Crippen molar-refractivity contribution in [3.05, 3.63) is 62.3 Å². The van der Waals surface area contributed by atoms with Crippen molar-refractivity contribution in [3.8, 4) is 5.75 Å². The highest BCUT2D eigenvalue weighted by molar-refractivity contribution is 9.10. The lowest BCUT2D eigenvalue weighted by molar-refractivity contribution is 0.405. The maximum Gasteiger partial charge on any atom is 0.142 e. The van der Waals surface area contributed by atoms with Crippen LogP contribution in [-0.2, 0) is 0 Å². The molecule has 0 saturated carbocycles. The van der Waals surface area contributed by atoms with E-state index in [2.05, 4.69) is 21.2 Å². The first-order valence-electron chi connectivity index (χ1n) is 6.44. The monoisotopic (exact) mass is 371 g/mol. The Balaban J connectivity index is 2.61. The number of aryl methyl sites for hydroxylation is 1. The van der Waals surface area contributed by atoms with Crippen molar-refractivity contribution >= 4 is 27.5 Å². The molecule has 2 aromatic carbocycles. The second kappa shape index (κ2) is 6.77. The second-order valence-corrected chi connectivity index (χ2v) is 5.94. The summed E-state index contributed by atoms with van der Waals surface area (Å²) in [7, 11) is 3.42. The van der Waals surface area contributed by atoms with Gasteiger partial charge in [0.1, 0.15) is 11.6 Å². The predicted octanol–water partition coefficient (Wildman–Crippen LogP) is 4.87. The molecule has 2 aromatic rings. The smallest absolute Gasteiger partial charge is 0.142 e. The van der Waals surface area contributed by atoms with Crippen LogP contribution in [0.4, 0.5) is 4.39 Å². The number of benzene rings is 2. The van der Waals surface area contributed by atoms with Gasteiger partial charge in [-0.05, 0) is 43.3 Å². The first-order valence-corrected chi connectivity index (χ1v) is 7.62. The molecule has 1 N–H and O–H groups in total. The van der Waals surface area contributed by atoms with E-state index in [4.69, 9.17) is 16.3 Å². The quantitative estimate of drug-likeness (QED) is 0.827. The van der Waals surface area contributed by atoms with E-state index in [-0.39, 0.29) is 11.1 Å². The molecule has 1 unspecified atom stereocenters. The van der Waals surface area contributed by atoms with Crippen LogP contribution in [0.15, 0.2) is 34.8 Å². The third kappa shape index (κ3) is 3.23. The van der Waals surface area contributed by atoms with Crippen LogP contribution >= 0.6 is 27.5 Å². The Morgan fingerprint density at radius 1 is 1.29 bits per heavy atom. The van der Waals surface area contributed by atoms with Crippen molar-refractivity contribution < 1.29 is 9.13 Å². The van der Waals surface area contributed by atoms with Crippen molar-refractivity contribution in [1.29, 1.82) is 0 Å². The summed E-state index contributed by atoms with van der Waals surface area (Å²) in [6.07, 6.45) is 0. The van der Waals surface area contributed by atoms with Crippen LogP contribution in [0, 0.1) is 12.7 Å². The Kier molecular flexibility index (Phi) is 5.25. The molecule has 0 bridgehead atoms. The molecular formula is C16H16BrClFNO. The average molecular weight is 373 g/mol. The zero-order valence-corrected chi connectivity index (χ0v) is 14.3. The van der Waals surface area contributed by atoms with Crippen molar-refractivity contribution in [1.82, 2.24) is 5.32 Å². The lowest BCUT2D eigenvalue weighted by Gasteiger charge is -2.22. The van der Waals surface area contributed by atoms with Gasteiger partial charge < -0.3 is 10.1 Å². The van der Waals surface area contributed by atoms with E-state index < -0.39 is 5.82 Å². The molecule has 21 heavy (non-hydrogen) atoms. The zero-order valence-electron chi connectivity index (χ0n) is 12.0. The van der Waals surface area contributed by atoms with Crippen LogP contribution < -0.4 is 10.1 Å². The lowest BCUT2D eigenvalue weighted by atomic mass is 9.96. The fourth-order valence-corrected chi connectivity index (χ4v) is 2.89. The Bertz CT molecular complexity index is 663. The minimum atomic E-state index is -0.431. The van der Waals surface area contributed by atoms with Crippen LogP contribution in [0.2, 0.25) is 5.02 Å². The van der Waals surface area contributed by atoms with Crippen LogP contribution in [0.25, 0.3) is 0 Å². The molecule has 0 aromatic heterocycles. The van der Waals surface area contributed by atoms with Crippen molar-refractivity contribution in [3.63, 3.8) is 0 Å². The third-order valence-corrected chi connectivity index (χ3v) is 4.66. The minimum Gasteiger partial charge on any atom is -0.496 e. The van der Waals surface area contributed by atoms with Gasteiger partial charge in [-0.1, -0.05) is 39.7 Å². The number of nitrogens with one attached hydrogen (secondary N) is 1. The maximum absolute atomic E-state index is 13.7.